The van der Waals surface area contributed by atoms with Gasteiger partial charge in [-0.05, 0) is 48.6 Å². The highest BCUT2D eigenvalue weighted by Gasteiger charge is 2.16. The summed E-state index contributed by atoms with van der Waals surface area (Å²) in [5, 5.41) is 0.488. The van der Waals surface area contributed by atoms with Crippen molar-refractivity contribution >= 4 is 17.2 Å². The summed E-state index contributed by atoms with van der Waals surface area (Å²) in [6, 6.07) is 13.2. The van der Waals surface area contributed by atoms with Crippen LogP contribution in [0.3, 0.4) is 0 Å². The first kappa shape index (κ1) is 20.2. The molecule has 1 heterocycles. The molecule has 1 saturated carbocycles. The monoisotopic (exact) mass is 405 g/mol. The Morgan fingerprint density at radius 2 is 1.90 bits per heavy atom. The molecule has 5 nitrogen and oxygen atoms in total. The first-order valence-electron chi connectivity index (χ1n) is 10.5. The van der Waals surface area contributed by atoms with E-state index in [0.29, 0.717) is 41.4 Å². The Morgan fingerprint density at radius 3 is 2.67 bits per heavy atom. The second kappa shape index (κ2) is 9.61. The van der Waals surface area contributed by atoms with Crippen molar-refractivity contribution < 1.29 is 13.9 Å². The lowest BCUT2D eigenvalue weighted by atomic mass is 9.90. The lowest BCUT2D eigenvalue weighted by molar-refractivity contribution is 0.210. The normalized spacial score (nSPS) is 15.0. The smallest absolute Gasteiger partial charge is 0.205 e. The van der Waals surface area contributed by atoms with Gasteiger partial charge in [0.25, 0.3) is 0 Å². The number of benzene rings is 2. The van der Waals surface area contributed by atoms with E-state index in [-0.39, 0.29) is 5.43 Å². The number of nitrogens with zero attached hydrogens (tertiary/aromatic N) is 1. The summed E-state index contributed by atoms with van der Waals surface area (Å²) >= 11 is 0. The van der Waals surface area contributed by atoms with Gasteiger partial charge in [-0.1, -0.05) is 37.5 Å². The van der Waals surface area contributed by atoms with Gasteiger partial charge in [0.2, 0.25) is 5.43 Å². The highest BCUT2D eigenvalue weighted by molar-refractivity contribution is 5.89. The van der Waals surface area contributed by atoms with Crippen LogP contribution in [0.5, 0.6) is 11.5 Å². The highest BCUT2D eigenvalue weighted by atomic mass is 16.5. The van der Waals surface area contributed by atoms with Crippen LogP contribution in [0.1, 0.15) is 43.2 Å². The molecule has 30 heavy (non-hydrogen) atoms. The van der Waals surface area contributed by atoms with E-state index < -0.39 is 0 Å². The van der Waals surface area contributed by atoms with E-state index in [1.54, 1.807) is 19.4 Å². The van der Waals surface area contributed by atoms with Crippen LogP contribution in [-0.2, 0) is 6.54 Å². The zero-order valence-corrected chi connectivity index (χ0v) is 17.3. The van der Waals surface area contributed by atoms with Crippen molar-refractivity contribution in [1.29, 1.82) is 0 Å². The molecule has 1 aliphatic carbocycles. The second-order valence-corrected chi connectivity index (χ2v) is 7.78. The number of rotatable bonds is 7. The topological polar surface area (TPSA) is 61.0 Å². The third-order valence-corrected chi connectivity index (χ3v) is 5.65. The van der Waals surface area contributed by atoms with Gasteiger partial charge in [0.15, 0.2) is 0 Å². The van der Waals surface area contributed by atoms with Gasteiger partial charge in [-0.2, -0.15) is 0 Å². The van der Waals surface area contributed by atoms with E-state index >= 15 is 0 Å². The van der Waals surface area contributed by atoms with Crippen LogP contribution in [0.25, 0.3) is 11.0 Å². The van der Waals surface area contributed by atoms with E-state index in [0.717, 1.165) is 11.3 Å². The van der Waals surface area contributed by atoms with Crippen LogP contribution >= 0.6 is 0 Å². The highest BCUT2D eigenvalue weighted by Crippen LogP contribution is 2.27. The molecule has 1 fully saturated rings. The summed E-state index contributed by atoms with van der Waals surface area (Å²) in [7, 11) is 1.64. The summed E-state index contributed by atoms with van der Waals surface area (Å²) < 4.78 is 16.9. The summed E-state index contributed by atoms with van der Waals surface area (Å²) in [6.45, 7) is 1.12. The molecule has 0 saturated heterocycles. The summed E-state index contributed by atoms with van der Waals surface area (Å²) in [4.78, 5) is 17.5. The van der Waals surface area contributed by atoms with Crippen molar-refractivity contribution in [2.24, 2.45) is 10.9 Å². The van der Waals surface area contributed by atoms with Gasteiger partial charge >= 0.3 is 0 Å². The Hall–Kier alpha value is -3.08. The maximum Gasteiger partial charge on any atom is 0.205 e. The first-order chi connectivity index (χ1) is 14.7. The molecule has 0 bridgehead atoms. The quantitative estimate of drug-likeness (QED) is 0.495. The van der Waals surface area contributed by atoms with Crippen molar-refractivity contribution in [2.75, 3.05) is 13.7 Å². The maximum atomic E-state index is 13.1. The zero-order valence-electron chi connectivity index (χ0n) is 17.3. The number of fused-ring (bicyclic) bond motifs is 1. The number of ether oxygens (including phenoxy) is 2. The van der Waals surface area contributed by atoms with Crippen LogP contribution in [0.2, 0.25) is 0 Å². The first-order valence-corrected chi connectivity index (χ1v) is 10.5. The summed E-state index contributed by atoms with van der Waals surface area (Å²) in [5.74, 6) is 1.96. The Kier molecular flexibility index (Phi) is 6.47. The fourth-order valence-electron chi connectivity index (χ4n) is 3.91. The summed E-state index contributed by atoms with van der Waals surface area (Å²) in [5.41, 5.74) is 1.88. The minimum Gasteiger partial charge on any atom is -0.497 e. The van der Waals surface area contributed by atoms with Crippen LogP contribution in [0.15, 0.2) is 62.9 Å². The van der Waals surface area contributed by atoms with Crippen molar-refractivity contribution in [1.82, 2.24) is 0 Å². The van der Waals surface area contributed by atoms with Gasteiger partial charge in [0.1, 0.15) is 28.7 Å². The van der Waals surface area contributed by atoms with E-state index in [4.69, 9.17) is 13.9 Å². The average molecular weight is 405 g/mol. The molecule has 0 aliphatic heterocycles. The third-order valence-electron chi connectivity index (χ3n) is 5.65. The lowest BCUT2D eigenvalue weighted by Gasteiger charge is -2.21. The van der Waals surface area contributed by atoms with Crippen LogP contribution < -0.4 is 14.9 Å². The maximum absolute atomic E-state index is 13.1. The average Bonchev–Trinajstić information content (AvgIpc) is 2.80. The Morgan fingerprint density at radius 1 is 1.10 bits per heavy atom. The molecule has 0 amide bonds. The minimum atomic E-state index is -0.117. The van der Waals surface area contributed by atoms with Crippen molar-refractivity contribution in [3.05, 3.63) is 70.1 Å². The SMILES string of the molecule is COc1ccc(CN=Cc2coc3cccc(OCC4CCCCC4)c3c2=O)cc1. The van der Waals surface area contributed by atoms with Crippen LogP contribution in [-0.4, -0.2) is 19.9 Å². The van der Waals surface area contributed by atoms with Crippen LogP contribution in [0, 0.1) is 5.92 Å². The van der Waals surface area contributed by atoms with Crippen molar-refractivity contribution in [3.63, 3.8) is 0 Å². The minimum absolute atomic E-state index is 0.117. The molecule has 1 aromatic heterocycles. The molecule has 0 N–H and O–H groups in total. The number of aliphatic imine (C=N–C) groups is 1. The molecular weight excluding hydrogens is 378 g/mol. The summed E-state index contributed by atoms with van der Waals surface area (Å²) in [6.07, 6.45) is 9.28. The molecule has 0 atom stereocenters. The van der Waals surface area contributed by atoms with Crippen molar-refractivity contribution in [3.8, 4) is 11.5 Å². The van der Waals surface area contributed by atoms with Gasteiger partial charge in [-0.3, -0.25) is 9.79 Å². The fourth-order valence-corrected chi connectivity index (χ4v) is 3.91. The molecule has 5 heteroatoms. The molecule has 3 aromatic rings. The molecule has 0 unspecified atom stereocenters. The fraction of sp³-hybridized carbons (Fsp3) is 0.360. The molecule has 0 radical (unpaired) electrons. The second-order valence-electron chi connectivity index (χ2n) is 7.78. The molecule has 4 rings (SSSR count). The van der Waals surface area contributed by atoms with Crippen LogP contribution in [0.4, 0.5) is 0 Å². The van der Waals surface area contributed by atoms with E-state index in [2.05, 4.69) is 4.99 Å². The van der Waals surface area contributed by atoms with E-state index in [9.17, 15) is 4.79 Å². The predicted molar refractivity (Wildman–Crippen MR) is 119 cm³/mol. The van der Waals surface area contributed by atoms with Gasteiger partial charge in [0.05, 0.1) is 25.8 Å². The van der Waals surface area contributed by atoms with Gasteiger partial charge < -0.3 is 13.9 Å². The van der Waals surface area contributed by atoms with E-state index in [1.807, 2.05) is 36.4 Å². The zero-order chi connectivity index (χ0) is 20.8. The van der Waals surface area contributed by atoms with Gasteiger partial charge in [-0.25, -0.2) is 0 Å². The molecular formula is C25H27NO4. The number of hydrogen-bond acceptors (Lipinski definition) is 5. The Labute approximate surface area is 176 Å². The molecule has 2 aromatic carbocycles. The Balaban J connectivity index is 1.52. The molecule has 1 aliphatic rings. The standard InChI is InChI=1S/C25H27NO4/c1-28-21-12-10-18(11-13-21)14-26-15-20-17-30-23-9-5-8-22(24(23)25(20)27)29-16-19-6-3-2-4-7-19/h5,8-13,15,17,19H,2-4,6-7,14,16H2,1H3. The number of hydrogen-bond donors (Lipinski definition) is 0. The molecule has 0 spiro atoms. The predicted octanol–water partition coefficient (Wildman–Crippen LogP) is 5.38. The largest absolute Gasteiger partial charge is 0.497 e. The third kappa shape index (κ3) is 4.73. The Bertz CT molecular complexity index is 1060. The van der Waals surface area contributed by atoms with E-state index in [1.165, 1.54) is 38.4 Å². The number of methoxy groups -OCH3 is 1. The molecule has 156 valence electrons. The van der Waals surface area contributed by atoms with Crippen molar-refractivity contribution in [2.45, 2.75) is 38.6 Å². The lowest BCUT2D eigenvalue weighted by Crippen LogP contribution is -2.16. The van der Waals surface area contributed by atoms with Gasteiger partial charge in [0, 0.05) is 6.21 Å². The van der Waals surface area contributed by atoms with Gasteiger partial charge in [-0.15, -0.1) is 0 Å².